The number of fused-ring (bicyclic) bond motifs is 3. The predicted octanol–water partition coefficient (Wildman–Crippen LogP) is 6.40. The highest BCUT2D eigenvalue weighted by atomic mass is 14.7. The quantitative estimate of drug-likeness (QED) is 0.503. The molecule has 21 heavy (non-hydrogen) atoms. The van der Waals surface area contributed by atoms with E-state index in [2.05, 4.69) is 61.3 Å². The van der Waals surface area contributed by atoms with E-state index in [9.17, 15) is 0 Å². The van der Waals surface area contributed by atoms with Crippen LogP contribution < -0.4 is 0 Å². The van der Waals surface area contributed by atoms with Crippen molar-refractivity contribution < 1.29 is 0 Å². The second-order valence-electron chi connectivity index (χ2n) is 6.04. The lowest BCUT2D eigenvalue weighted by Crippen LogP contribution is -1.98. The van der Waals surface area contributed by atoms with E-state index in [0.717, 1.165) is 0 Å². The van der Waals surface area contributed by atoms with Gasteiger partial charge in [0.1, 0.15) is 0 Å². The maximum Gasteiger partial charge on any atom is 0.0500 e. The minimum atomic E-state index is 0.674. The van der Waals surface area contributed by atoms with E-state index in [-0.39, 0.29) is 0 Å². The van der Waals surface area contributed by atoms with Gasteiger partial charge in [-0.1, -0.05) is 69.5 Å². The van der Waals surface area contributed by atoms with Crippen LogP contribution in [0.25, 0.3) is 21.8 Å². The first-order valence-electron chi connectivity index (χ1n) is 8.34. The summed E-state index contributed by atoms with van der Waals surface area (Å²) in [5.74, 6) is 0.674. The van der Waals surface area contributed by atoms with Crippen LogP contribution in [0, 0.1) is 0 Å². The van der Waals surface area contributed by atoms with Crippen molar-refractivity contribution in [3.05, 3.63) is 48.0 Å². The smallest absolute Gasteiger partial charge is 0.0500 e. The average Bonchev–Trinajstić information content (AvgIpc) is 2.91. The van der Waals surface area contributed by atoms with E-state index < -0.39 is 0 Å². The second kappa shape index (κ2) is 6.34. The van der Waals surface area contributed by atoms with Crippen molar-refractivity contribution in [3.63, 3.8) is 0 Å². The number of rotatable bonds is 6. The number of hydrogen-bond donors (Lipinski definition) is 1. The van der Waals surface area contributed by atoms with Gasteiger partial charge in [0.15, 0.2) is 0 Å². The Morgan fingerprint density at radius 2 is 1.71 bits per heavy atom. The Labute approximate surface area is 127 Å². The minimum Gasteiger partial charge on any atom is -0.354 e. The largest absolute Gasteiger partial charge is 0.354 e. The molecule has 0 amide bonds. The number of aromatic amines is 1. The molecule has 0 spiro atoms. The van der Waals surface area contributed by atoms with Crippen molar-refractivity contribution in [2.24, 2.45) is 0 Å². The molecule has 1 aromatic heterocycles. The van der Waals surface area contributed by atoms with Crippen molar-refractivity contribution in [1.29, 1.82) is 0 Å². The third kappa shape index (κ3) is 2.70. The fourth-order valence-corrected chi connectivity index (χ4v) is 3.46. The molecule has 1 nitrogen and oxygen atoms in total. The van der Waals surface area contributed by atoms with E-state index >= 15 is 0 Å². The topological polar surface area (TPSA) is 15.8 Å². The zero-order valence-electron chi connectivity index (χ0n) is 13.2. The summed E-state index contributed by atoms with van der Waals surface area (Å²) in [5, 5.41) is 2.72. The Hall–Kier alpha value is -1.76. The predicted molar refractivity (Wildman–Crippen MR) is 93.0 cm³/mol. The van der Waals surface area contributed by atoms with Crippen molar-refractivity contribution in [3.8, 4) is 0 Å². The number of benzene rings is 2. The van der Waals surface area contributed by atoms with E-state index in [1.165, 1.54) is 59.5 Å². The Morgan fingerprint density at radius 1 is 0.905 bits per heavy atom. The van der Waals surface area contributed by atoms with Gasteiger partial charge >= 0.3 is 0 Å². The molecule has 0 saturated heterocycles. The molecule has 1 heteroatoms. The Bertz CT molecular complexity index is 723. The van der Waals surface area contributed by atoms with Crippen molar-refractivity contribution >= 4 is 21.8 Å². The number of unbranched alkanes of at least 4 members (excludes halogenated alkanes) is 2. The molecule has 110 valence electrons. The molecule has 0 bridgehead atoms. The molecule has 0 aliphatic rings. The molecule has 0 aliphatic heterocycles. The minimum absolute atomic E-state index is 0.674. The monoisotopic (exact) mass is 279 g/mol. The van der Waals surface area contributed by atoms with Crippen LogP contribution in [0.1, 0.15) is 57.4 Å². The van der Waals surface area contributed by atoms with Gasteiger partial charge in [-0.15, -0.1) is 0 Å². The molecular formula is C20H25N. The van der Waals surface area contributed by atoms with E-state index in [1.54, 1.807) is 0 Å². The molecule has 1 atom stereocenters. The second-order valence-corrected chi connectivity index (χ2v) is 6.04. The van der Waals surface area contributed by atoms with E-state index in [1.807, 2.05) is 0 Å². The Morgan fingerprint density at radius 3 is 2.52 bits per heavy atom. The first-order chi connectivity index (χ1) is 10.3. The van der Waals surface area contributed by atoms with Gasteiger partial charge < -0.3 is 4.98 Å². The van der Waals surface area contributed by atoms with Crippen LogP contribution in [0.4, 0.5) is 0 Å². The molecular weight excluding hydrogens is 254 g/mol. The summed E-state index contributed by atoms with van der Waals surface area (Å²) in [5.41, 5.74) is 4.10. The highest BCUT2D eigenvalue weighted by Gasteiger charge is 2.14. The third-order valence-corrected chi connectivity index (χ3v) is 4.66. The van der Waals surface area contributed by atoms with Crippen LogP contribution in [0.2, 0.25) is 0 Å². The first-order valence-corrected chi connectivity index (χ1v) is 8.34. The highest BCUT2D eigenvalue weighted by Crippen LogP contribution is 2.34. The number of aromatic nitrogens is 1. The van der Waals surface area contributed by atoms with Crippen molar-refractivity contribution in [1.82, 2.24) is 4.98 Å². The molecule has 1 heterocycles. The summed E-state index contributed by atoms with van der Waals surface area (Å²) in [6.07, 6.45) is 6.51. The number of hydrogen-bond acceptors (Lipinski definition) is 0. The molecule has 1 N–H and O–H groups in total. The SMILES string of the molecule is CCCCCC(CC)c1cccc2c1[nH]c1ccccc12. The van der Waals surface area contributed by atoms with Gasteiger partial charge in [0, 0.05) is 21.8 Å². The molecule has 1 unspecified atom stereocenters. The maximum absolute atomic E-state index is 3.65. The van der Waals surface area contributed by atoms with Gasteiger partial charge in [-0.2, -0.15) is 0 Å². The number of para-hydroxylation sites is 2. The number of nitrogens with one attached hydrogen (secondary N) is 1. The van der Waals surface area contributed by atoms with Crippen LogP contribution in [-0.4, -0.2) is 4.98 Å². The summed E-state index contributed by atoms with van der Waals surface area (Å²) < 4.78 is 0. The number of H-pyrrole nitrogens is 1. The normalized spacial score (nSPS) is 13.0. The molecule has 0 aliphatic carbocycles. The van der Waals surface area contributed by atoms with Crippen LogP contribution >= 0.6 is 0 Å². The molecule has 0 radical (unpaired) electrons. The third-order valence-electron chi connectivity index (χ3n) is 4.66. The summed E-state index contributed by atoms with van der Waals surface area (Å²) in [6.45, 7) is 4.59. The summed E-state index contributed by atoms with van der Waals surface area (Å²) in [6, 6.07) is 15.4. The van der Waals surface area contributed by atoms with Gasteiger partial charge in [0.25, 0.3) is 0 Å². The van der Waals surface area contributed by atoms with Crippen LogP contribution in [0.15, 0.2) is 42.5 Å². The standard InChI is InChI=1S/C20H25N/c1-3-5-6-10-15(4-2)16-12-9-13-18-17-11-7-8-14-19(17)21-20(16)18/h7-9,11-15,21H,3-6,10H2,1-2H3. The van der Waals surface area contributed by atoms with E-state index in [4.69, 9.17) is 0 Å². The average molecular weight is 279 g/mol. The molecule has 3 rings (SSSR count). The summed E-state index contributed by atoms with van der Waals surface area (Å²) in [4.78, 5) is 3.65. The fraction of sp³-hybridized carbons (Fsp3) is 0.400. The molecule has 2 aromatic carbocycles. The Kier molecular flexibility index (Phi) is 4.28. The van der Waals surface area contributed by atoms with Crippen LogP contribution in [0.3, 0.4) is 0 Å². The molecule has 3 aromatic rings. The lowest BCUT2D eigenvalue weighted by Gasteiger charge is -2.16. The lowest BCUT2D eigenvalue weighted by molar-refractivity contribution is 0.555. The highest BCUT2D eigenvalue weighted by molar-refractivity contribution is 6.08. The fourth-order valence-electron chi connectivity index (χ4n) is 3.46. The molecule has 0 fully saturated rings. The van der Waals surface area contributed by atoms with Gasteiger partial charge in [-0.25, -0.2) is 0 Å². The zero-order valence-corrected chi connectivity index (χ0v) is 13.2. The Balaban J connectivity index is 2.05. The first kappa shape index (κ1) is 14.2. The zero-order chi connectivity index (χ0) is 14.7. The van der Waals surface area contributed by atoms with Gasteiger partial charge in [-0.3, -0.25) is 0 Å². The van der Waals surface area contributed by atoms with Crippen molar-refractivity contribution in [2.45, 2.75) is 51.9 Å². The maximum atomic E-state index is 3.65. The lowest BCUT2D eigenvalue weighted by atomic mass is 9.89. The van der Waals surface area contributed by atoms with Crippen LogP contribution in [-0.2, 0) is 0 Å². The summed E-state index contributed by atoms with van der Waals surface area (Å²) >= 11 is 0. The van der Waals surface area contributed by atoms with Crippen molar-refractivity contribution in [2.75, 3.05) is 0 Å². The van der Waals surface area contributed by atoms with Gasteiger partial charge in [0.2, 0.25) is 0 Å². The van der Waals surface area contributed by atoms with Gasteiger partial charge in [-0.05, 0) is 30.4 Å². The summed E-state index contributed by atoms with van der Waals surface area (Å²) in [7, 11) is 0. The van der Waals surface area contributed by atoms with E-state index in [0.29, 0.717) is 5.92 Å². The molecule has 0 saturated carbocycles. The van der Waals surface area contributed by atoms with Gasteiger partial charge in [0.05, 0.1) is 0 Å². The van der Waals surface area contributed by atoms with Crippen LogP contribution in [0.5, 0.6) is 0 Å².